The Morgan fingerprint density at radius 2 is 1.76 bits per heavy atom. The lowest BCUT2D eigenvalue weighted by molar-refractivity contribution is 0.572. The van der Waals surface area contributed by atoms with Gasteiger partial charge < -0.3 is 4.42 Å². The van der Waals surface area contributed by atoms with E-state index in [1.807, 2.05) is 24.3 Å². The van der Waals surface area contributed by atoms with E-state index in [2.05, 4.69) is 15.2 Å². The number of azo groups is 1. The summed E-state index contributed by atoms with van der Waals surface area (Å²) in [6.45, 7) is 0.421. The molecule has 2 aromatic carbocycles. The fraction of sp³-hybridized carbons (Fsp3) is 0.0625. The smallest absolute Gasteiger partial charge is 0.181 e. The largest absolute Gasteiger partial charge is 0.444 e. The number of benzene rings is 2. The molecular weight excluding hydrogens is 269 g/mol. The SMILES string of the molecule is Fc1ccc(CN=Nc2ccc(-c3cnco3)cc2)cc1. The summed E-state index contributed by atoms with van der Waals surface area (Å²) in [6.07, 6.45) is 3.05. The average Bonchev–Trinajstić information content (AvgIpc) is 3.04. The van der Waals surface area contributed by atoms with Crippen molar-refractivity contribution >= 4 is 5.69 Å². The fourth-order valence-electron chi connectivity index (χ4n) is 1.84. The van der Waals surface area contributed by atoms with Gasteiger partial charge in [0.1, 0.15) is 5.82 Å². The van der Waals surface area contributed by atoms with E-state index in [4.69, 9.17) is 4.42 Å². The van der Waals surface area contributed by atoms with Crippen LogP contribution in [0.1, 0.15) is 5.56 Å². The molecule has 0 saturated heterocycles. The third kappa shape index (κ3) is 3.39. The van der Waals surface area contributed by atoms with Gasteiger partial charge in [0.2, 0.25) is 0 Å². The van der Waals surface area contributed by atoms with Gasteiger partial charge in [-0.2, -0.15) is 10.2 Å². The minimum atomic E-state index is -0.251. The molecule has 5 heteroatoms. The van der Waals surface area contributed by atoms with Crippen molar-refractivity contribution in [1.29, 1.82) is 0 Å². The standard InChI is InChI=1S/C16H12FN3O/c17-14-5-1-12(2-6-14)9-19-20-15-7-3-13(4-8-15)16-10-18-11-21-16/h1-8,10-11H,9H2. The van der Waals surface area contributed by atoms with Crippen LogP contribution in [0.4, 0.5) is 10.1 Å². The minimum Gasteiger partial charge on any atom is -0.444 e. The Hall–Kier alpha value is -2.82. The highest BCUT2D eigenvalue weighted by Crippen LogP contribution is 2.22. The van der Waals surface area contributed by atoms with Gasteiger partial charge in [0.15, 0.2) is 12.2 Å². The normalized spacial score (nSPS) is 11.1. The van der Waals surface area contributed by atoms with Gasteiger partial charge in [0.25, 0.3) is 0 Å². The van der Waals surface area contributed by atoms with Crippen LogP contribution < -0.4 is 0 Å². The highest BCUT2D eigenvalue weighted by Gasteiger charge is 2.00. The van der Waals surface area contributed by atoms with Crippen molar-refractivity contribution in [3.8, 4) is 11.3 Å². The minimum absolute atomic E-state index is 0.251. The first-order valence-electron chi connectivity index (χ1n) is 6.42. The molecule has 0 aliphatic carbocycles. The first kappa shape index (κ1) is 13.2. The molecule has 21 heavy (non-hydrogen) atoms. The Morgan fingerprint density at radius 1 is 1.00 bits per heavy atom. The van der Waals surface area contributed by atoms with Crippen LogP contribution in [-0.2, 0) is 6.54 Å². The zero-order chi connectivity index (χ0) is 14.5. The second kappa shape index (κ2) is 6.09. The zero-order valence-electron chi connectivity index (χ0n) is 11.1. The second-order valence-electron chi connectivity index (χ2n) is 4.44. The van der Waals surface area contributed by atoms with Gasteiger partial charge in [0, 0.05) is 5.56 Å². The van der Waals surface area contributed by atoms with E-state index < -0.39 is 0 Å². The van der Waals surface area contributed by atoms with Crippen LogP contribution in [-0.4, -0.2) is 4.98 Å². The number of oxazole rings is 1. The maximum absolute atomic E-state index is 12.8. The Balaban J connectivity index is 1.65. The van der Waals surface area contributed by atoms with Crippen molar-refractivity contribution in [2.45, 2.75) is 6.54 Å². The van der Waals surface area contributed by atoms with E-state index in [1.165, 1.54) is 18.5 Å². The summed E-state index contributed by atoms with van der Waals surface area (Å²) in [7, 11) is 0. The molecule has 0 bridgehead atoms. The lowest BCUT2D eigenvalue weighted by Crippen LogP contribution is -1.80. The van der Waals surface area contributed by atoms with Crippen LogP contribution >= 0.6 is 0 Å². The number of rotatable bonds is 4. The van der Waals surface area contributed by atoms with Crippen LogP contribution in [0.2, 0.25) is 0 Å². The maximum atomic E-state index is 12.8. The van der Waals surface area contributed by atoms with Crippen molar-refractivity contribution in [1.82, 2.24) is 4.98 Å². The van der Waals surface area contributed by atoms with Gasteiger partial charge in [-0.15, -0.1) is 0 Å². The maximum Gasteiger partial charge on any atom is 0.181 e. The summed E-state index contributed by atoms with van der Waals surface area (Å²) in [4.78, 5) is 3.88. The Bertz CT molecular complexity index is 719. The molecule has 1 aromatic heterocycles. The van der Waals surface area contributed by atoms with Gasteiger partial charge in [-0.05, 0) is 42.0 Å². The quantitative estimate of drug-likeness (QED) is 0.647. The van der Waals surface area contributed by atoms with Gasteiger partial charge in [-0.3, -0.25) is 0 Å². The van der Waals surface area contributed by atoms with Crippen LogP contribution in [0, 0.1) is 5.82 Å². The van der Waals surface area contributed by atoms with Crippen LogP contribution in [0.3, 0.4) is 0 Å². The van der Waals surface area contributed by atoms with Gasteiger partial charge in [0.05, 0.1) is 18.4 Å². The summed E-state index contributed by atoms with van der Waals surface area (Å²) in [5.41, 5.74) is 2.60. The summed E-state index contributed by atoms with van der Waals surface area (Å²) < 4.78 is 18.0. The van der Waals surface area contributed by atoms with Crippen molar-refractivity contribution in [3.63, 3.8) is 0 Å². The van der Waals surface area contributed by atoms with E-state index in [0.29, 0.717) is 12.3 Å². The molecule has 0 spiro atoms. The number of nitrogens with zero attached hydrogens (tertiary/aromatic N) is 3. The zero-order valence-corrected chi connectivity index (χ0v) is 11.1. The molecule has 4 nitrogen and oxygen atoms in total. The topological polar surface area (TPSA) is 50.8 Å². The Kier molecular flexibility index (Phi) is 3.82. The molecule has 0 N–H and O–H groups in total. The molecule has 0 unspecified atom stereocenters. The molecule has 0 atom stereocenters. The van der Waals surface area contributed by atoms with E-state index >= 15 is 0 Å². The third-order valence-electron chi connectivity index (χ3n) is 2.94. The van der Waals surface area contributed by atoms with Gasteiger partial charge in [-0.1, -0.05) is 12.1 Å². The molecule has 0 aliphatic rings. The summed E-state index contributed by atoms with van der Waals surface area (Å²) in [5.74, 6) is 0.462. The molecule has 0 amide bonds. The van der Waals surface area contributed by atoms with E-state index in [1.54, 1.807) is 18.3 Å². The van der Waals surface area contributed by atoms with Crippen LogP contribution in [0.15, 0.2) is 75.8 Å². The van der Waals surface area contributed by atoms with E-state index in [-0.39, 0.29) is 5.82 Å². The summed E-state index contributed by atoms with van der Waals surface area (Å²) >= 11 is 0. The predicted octanol–water partition coefficient (Wildman–Crippen LogP) is 4.76. The highest BCUT2D eigenvalue weighted by molar-refractivity contribution is 5.59. The highest BCUT2D eigenvalue weighted by atomic mass is 19.1. The molecule has 0 radical (unpaired) electrons. The molecule has 3 rings (SSSR count). The molecule has 0 fully saturated rings. The lowest BCUT2D eigenvalue weighted by atomic mass is 10.2. The number of hydrogen-bond donors (Lipinski definition) is 0. The number of halogens is 1. The van der Waals surface area contributed by atoms with Gasteiger partial charge in [-0.25, -0.2) is 9.37 Å². The van der Waals surface area contributed by atoms with Crippen molar-refractivity contribution in [2.24, 2.45) is 10.2 Å². The van der Waals surface area contributed by atoms with Crippen molar-refractivity contribution in [2.75, 3.05) is 0 Å². The second-order valence-corrected chi connectivity index (χ2v) is 4.44. The average molecular weight is 281 g/mol. The van der Waals surface area contributed by atoms with E-state index in [0.717, 1.165) is 16.8 Å². The van der Waals surface area contributed by atoms with Crippen LogP contribution in [0.25, 0.3) is 11.3 Å². The lowest BCUT2D eigenvalue weighted by Gasteiger charge is -1.97. The molecule has 3 aromatic rings. The number of hydrogen-bond acceptors (Lipinski definition) is 4. The van der Waals surface area contributed by atoms with Gasteiger partial charge >= 0.3 is 0 Å². The molecular formula is C16H12FN3O. The van der Waals surface area contributed by atoms with Crippen molar-refractivity contribution < 1.29 is 8.81 Å². The fourth-order valence-corrected chi connectivity index (χ4v) is 1.84. The third-order valence-corrected chi connectivity index (χ3v) is 2.94. The van der Waals surface area contributed by atoms with Crippen molar-refractivity contribution in [3.05, 3.63) is 72.5 Å². The monoisotopic (exact) mass is 281 g/mol. The summed E-state index contributed by atoms with van der Waals surface area (Å²) in [5, 5.41) is 8.23. The van der Waals surface area contributed by atoms with E-state index in [9.17, 15) is 4.39 Å². The first-order chi connectivity index (χ1) is 10.3. The Morgan fingerprint density at radius 3 is 2.43 bits per heavy atom. The molecule has 1 heterocycles. The Labute approximate surface area is 121 Å². The van der Waals surface area contributed by atoms with Crippen LogP contribution in [0.5, 0.6) is 0 Å². The first-order valence-corrected chi connectivity index (χ1v) is 6.42. The summed E-state index contributed by atoms with van der Waals surface area (Å²) in [6, 6.07) is 13.7. The number of aromatic nitrogens is 1. The molecule has 0 aliphatic heterocycles. The molecule has 0 saturated carbocycles. The predicted molar refractivity (Wildman–Crippen MR) is 76.6 cm³/mol. The molecule has 104 valence electrons.